The number of nitriles is 1. The van der Waals surface area contributed by atoms with E-state index in [4.69, 9.17) is 0 Å². The molecule has 1 heterocycles. The molecule has 0 saturated heterocycles. The van der Waals surface area contributed by atoms with Crippen molar-refractivity contribution >= 4 is 17.2 Å². The van der Waals surface area contributed by atoms with Crippen LogP contribution in [0.25, 0.3) is 0 Å². The fourth-order valence-electron chi connectivity index (χ4n) is 2.51. The molecule has 102 valence electrons. The minimum Gasteiger partial charge on any atom is -0.354 e. The Morgan fingerprint density at radius 2 is 2.26 bits per heavy atom. The minimum absolute atomic E-state index is 0.0945. The van der Waals surface area contributed by atoms with E-state index in [0.29, 0.717) is 19.4 Å². The second-order valence-electron chi connectivity index (χ2n) is 5.14. The lowest BCUT2D eigenvalue weighted by Gasteiger charge is -2.29. The number of nitrogens with one attached hydrogen (secondary N) is 1. The van der Waals surface area contributed by atoms with Crippen molar-refractivity contribution < 1.29 is 4.79 Å². The van der Waals surface area contributed by atoms with Crippen molar-refractivity contribution in [2.45, 2.75) is 45.4 Å². The first kappa shape index (κ1) is 14.0. The van der Waals surface area contributed by atoms with Crippen LogP contribution < -0.4 is 5.32 Å². The number of aromatic nitrogens is 1. The zero-order valence-electron chi connectivity index (χ0n) is 11.2. The van der Waals surface area contributed by atoms with Crippen molar-refractivity contribution in [1.29, 1.82) is 5.26 Å². The SMILES string of the molecule is Cc1csc(CCNC(=O)C2(C#N)CCCCC2)n1. The standard InChI is InChI=1S/C14H19N3OS/c1-11-9-19-12(17-11)5-8-16-13(18)14(10-15)6-3-2-4-7-14/h9H,2-8H2,1H3,(H,16,18). The molecule has 0 atom stereocenters. The molecule has 1 saturated carbocycles. The second kappa shape index (κ2) is 6.16. The van der Waals surface area contributed by atoms with Crippen LogP contribution in [-0.2, 0) is 11.2 Å². The molecule has 2 rings (SSSR count). The van der Waals surface area contributed by atoms with Gasteiger partial charge in [-0.05, 0) is 19.8 Å². The fraction of sp³-hybridized carbons (Fsp3) is 0.643. The van der Waals surface area contributed by atoms with Gasteiger partial charge in [0.2, 0.25) is 5.91 Å². The van der Waals surface area contributed by atoms with Crippen LogP contribution in [-0.4, -0.2) is 17.4 Å². The smallest absolute Gasteiger partial charge is 0.240 e. The molecule has 1 fully saturated rings. The third-order valence-electron chi connectivity index (χ3n) is 3.65. The average Bonchev–Trinajstić information content (AvgIpc) is 2.85. The molecule has 1 aromatic rings. The maximum atomic E-state index is 12.2. The molecule has 1 aromatic heterocycles. The highest BCUT2D eigenvalue weighted by molar-refractivity contribution is 7.09. The second-order valence-corrected chi connectivity index (χ2v) is 6.09. The van der Waals surface area contributed by atoms with Crippen LogP contribution >= 0.6 is 11.3 Å². The maximum absolute atomic E-state index is 12.2. The van der Waals surface area contributed by atoms with Crippen LogP contribution in [0, 0.1) is 23.7 Å². The van der Waals surface area contributed by atoms with E-state index in [1.165, 1.54) is 0 Å². The molecule has 1 aliphatic rings. The summed E-state index contributed by atoms with van der Waals surface area (Å²) in [4.78, 5) is 16.6. The summed E-state index contributed by atoms with van der Waals surface area (Å²) in [7, 11) is 0. The molecule has 1 aliphatic carbocycles. The molecular weight excluding hydrogens is 258 g/mol. The number of hydrogen-bond acceptors (Lipinski definition) is 4. The van der Waals surface area contributed by atoms with E-state index in [-0.39, 0.29) is 5.91 Å². The normalized spacial score (nSPS) is 17.7. The van der Waals surface area contributed by atoms with Gasteiger partial charge in [0.25, 0.3) is 0 Å². The third kappa shape index (κ3) is 3.32. The van der Waals surface area contributed by atoms with Crippen molar-refractivity contribution in [3.05, 3.63) is 16.1 Å². The van der Waals surface area contributed by atoms with Gasteiger partial charge in [0, 0.05) is 24.0 Å². The summed E-state index contributed by atoms with van der Waals surface area (Å²) in [6.07, 6.45) is 5.23. The van der Waals surface area contributed by atoms with Crippen molar-refractivity contribution in [2.24, 2.45) is 5.41 Å². The van der Waals surface area contributed by atoms with E-state index in [9.17, 15) is 10.1 Å². The Kier molecular flexibility index (Phi) is 4.54. The van der Waals surface area contributed by atoms with Gasteiger partial charge in [-0.15, -0.1) is 11.3 Å². The fourth-order valence-corrected chi connectivity index (χ4v) is 3.29. The number of amides is 1. The quantitative estimate of drug-likeness (QED) is 0.920. The van der Waals surface area contributed by atoms with Crippen molar-refractivity contribution in [2.75, 3.05) is 6.54 Å². The van der Waals surface area contributed by atoms with Crippen LogP contribution in [0.5, 0.6) is 0 Å². The molecule has 1 N–H and O–H groups in total. The van der Waals surface area contributed by atoms with Crippen LogP contribution in [0.15, 0.2) is 5.38 Å². The van der Waals surface area contributed by atoms with Gasteiger partial charge < -0.3 is 5.32 Å². The molecule has 0 unspecified atom stereocenters. The molecule has 0 spiro atoms. The Bertz CT molecular complexity index is 483. The Balaban J connectivity index is 1.85. The minimum atomic E-state index is -0.781. The van der Waals surface area contributed by atoms with Crippen LogP contribution in [0.3, 0.4) is 0 Å². The van der Waals surface area contributed by atoms with E-state index < -0.39 is 5.41 Å². The molecule has 0 aliphatic heterocycles. The Labute approximate surface area is 117 Å². The number of carbonyl (C=O) groups excluding carboxylic acids is 1. The third-order valence-corrected chi connectivity index (χ3v) is 4.67. The van der Waals surface area contributed by atoms with Gasteiger partial charge in [0.05, 0.1) is 11.1 Å². The van der Waals surface area contributed by atoms with Crippen LogP contribution in [0.4, 0.5) is 0 Å². The first-order valence-electron chi connectivity index (χ1n) is 6.77. The molecule has 0 aromatic carbocycles. The number of nitrogens with zero attached hydrogens (tertiary/aromatic N) is 2. The Morgan fingerprint density at radius 1 is 1.53 bits per heavy atom. The maximum Gasteiger partial charge on any atom is 0.240 e. The summed E-state index contributed by atoms with van der Waals surface area (Å²) in [5, 5.41) is 15.3. The van der Waals surface area contributed by atoms with E-state index >= 15 is 0 Å². The van der Waals surface area contributed by atoms with Gasteiger partial charge >= 0.3 is 0 Å². The molecule has 4 nitrogen and oxygen atoms in total. The predicted molar refractivity (Wildman–Crippen MR) is 74.7 cm³/mol. The van der Waals surface area contributed by atoms with E-state index in [1.807, 2.05) is 12.3 Å². The van der Waals surface area contributed by atoms with Crippen LogP contribution in [0.1, 0.15) is 42.8 Å². The van der Waals surface area contributed by atoms with Gasteiger partial charge in [0.1, 0.15) is 5.41 Å². The summed E-state index contributed by atoms with van der Waals surface area (Å²) in [6, 6.07) is 2.24. The van der Waals surface area contributed by atoms with Gasteiger partial charge in [-0.3, -0.25) is 4.79 Å². The summed E-state index contributed by atoms with van der Waals surface area (Å²) in [5.41, 5.74) is 0.240. The summed E-state index contributed by atoms with van der Waals surface area (Å²) < 4.78 is 0. The molecule has 19 heavy (non-hydrogen) atoms. The summed E-state index contributed by atoms with van der Waals surface area (Å²) in [5.74, 6) is -0.0945. The van der Waals surface area contributed by atoms with Crippen LogP contribution in [0.2, 0.25) is 0 Å². The van der Waals surface area contributed by atoms with E-state index in [2.05, 4.69) is 16.4 Å². The first-order valence-corrected chi connectivity index (χ1v) is 7.65. The zero-order valence-corrected chi connectivity index (χ0v) is 12.1. The lowest BCUT2D eigenvalue weighted by Crippen LogP contribution is -2.42. The number of hydrogen-bond donors (Lipinski definition) is 1. The van der Waals surface area contributed by atoms with E-state index in [0.717, 1.165) is 36.4 Å². The molecule has 0 radical (unpaired) electrons. The van der Waals surface area contributed by atoms with Crippen molar-refractivity contribution in [3.8, 4) is 6.07 Å². The largest absolute Gasteiger partial charge is 0.354 e. The highest BCUT2D eigenvalue weighted by Gasteiger charge is 2.39. The van der Waals surface area contributed by atoms with Gasteiger partial charge in [0.15, 0.2) is 0 Å². The number of thiazole rings is 1. The molecule has 1 amide bonds. The molecule has 5 heteroatoms. The lowest BCUT2D eigenvalue weighted by atomic mass is 9.74. The first-order chi connectivity index (χ1) is 9.16. The van der Waals surface area contributed by atoms with Crippen molar-refractivity contribution in [1.82, 2.24) is 10.3 Å². The highest BCUT2D eigenvalue weighted by Crippen LogP contribution is 2.35. The number of rotatable bonds is 4. The number of carbonyl (C=O) groups is 1. The van der Waals surface area contributed by atoms with Gasteiger partial charge in [-0.1, -0.05) is 19.3 Å². The molecule has 0 bridgehead atoms. The van der Waals surface area contributed by atoms with Crippen molar-refractivity contribution in [3.63, 3.8) is 0 Å². The monoisotopic (exact) mass is 277 g/mol. The highest BCUT2D eigenvalue weighted by atomic mass is 32.1. The Morgan fingerprint density at radius 3 is 2.84 bits per heavy atom. The Hall–Kier alpha value is -1.41. The van der Waals surface area contributed by atoms with Gasteiger partial charge in [-0.2, -0.15) is 5.26 Å². The summed E-state index contributed by atoms with van der Waals surface area (Å²) in [6.45, 7) is 2.53. The number of aryl methyl sites for hydroxylation is 1. The predicted octanol–water partition coefficient (Wildman–Crippen LogP) is 2.58. The van der Waals surface area contributed by atoms with E-state index in [1.54, 1.807) is 11.3 Å². The van der Waals surface area contributed by atoms with Gasteiger partial charge in [-0.25, -0.2) is 4.98 Å². The summed E-state index contributed by atoms with van der Waals surface area (Å²) >= 11 is 1.61. The molecular formula is C14H19N3OS. The topological polar surface area (TPSA) is 65.8 Å². The average molecular weight is 277 g/mol. The lowest BCUT2D eigenvalue weighted by molar-refractivity contribution is -0.129. The zero-order chi connectivity index (χ0) is 13.7.